The lowest BCUT2D eigenvalue weighted by Crippen LogP contribution is -2.28. The second kappa shape index (κ2) is 6.31. The number of aliphatic hydroxyl groups is 1. The van der Waals surface area contributed by atoms with Crippen molar-refractivity contribution in [3.8, 4) is 0 Å². The molecule has 1 rings (SSSR count). The number of ether oxygens (including phenoxy) is 1. The first-order valence-corrected chi connectivity index (χ1v) is 5.82. The van der Waals surface area contributed by atoms with Gasteiger partial charge in [0.05, 0.1) is 18.3 Å². The van der Waals surface area contributed by atoms with E-state index in [-0.39, 0.29) is 6.54 Å². The van der Waals surface area contributed by atoms with Crippen LogP contribution in [0.1, 0.15) is 25.5 Å². The summed E-state index contributed by atoms with van der Waals surface area (Å²) in [4.78, 5) is 0. The molecule has 1 aromatic rings. The van der Waals surface area contributed by atoms with Crippen molar-refractivity contribution in [1.29, 1.82) is 0 Å². The summed E-state index contributed by atoms with van der Waals surface area (Å²) in [5.74, 6) is -0.453. The van der Waals surface area contributed by atoms with Crippen LogP contribution < -0.4 is 5.73 Å². The fraction of sp³-hybridized carbons (Fsp3) is 0.500. The van der Waals surface area contributed by atoms with Gasteiger partial charge in [0.2, 0.25) is 0 Å². The predicted molar refractivity (Wildman–Crippen MR) is 65.4 cm³/mol. The molecule has 3 atom stereocenters. The average molecular weight is 262 g/mol. The monoisotopic (exact) mass is 261 g/mol. The van der Waals surface area contributed by atoms with Crippen LogP contribution in [0.5, 0.6) is 0 Å². The number of rotatable bonds is 5. The fourth-order valence-electron chi connectivity index (χ4n) is 1.39. The number of aliphatic hydroxyl groups excluding tert-OH is 1. The van der Waals surface area contributed by atoms with E-state index in [0.29, 0.717) is 10.6 Å². The van der Waals surface area contributed by atoms with Gasteiger partial charge in [-0.25, -0.2) is 4.39 Å². The highest BCUT2D eigenvalue weighted by Gasteiger charge is 2.20. The van der Waals surface area contributed by atoms with Gasteiger partial charge in [-0.15, -0.1) is 0 Å². The molecule has 0 fully saturated rings. The lowest BCUT2D eigenvalue weighted by molar-refractivity contribution is -0.0602. The zero-order chi connectivity index (χ0) is 13.0. The highest BCUT2D eigenvalue weighted by molar-refractivity contribution is 6.30. The molecule has 0 aliphatic rings. The van der Waals surface area contributed by atoms with Crippen LogP contribution in [0.15, 0.2) is 18.2 Å². The molecular formula is C12H17ClFNO2. The third-order valence-corrected chi connectivity index (χ3v) is 2.82. The van der Waals surface area contributed by atoms with E-state index in [9.17, 15) is 9.50 Å². The average Bonchev–Trinajstić information content (AvgIpc) is 2.26. The molecule has 0 spiro atoms. The van der Waals surface area contributed by atoms with E-state index in [1.807, 2.05) is 0 Å². The second-order valence-electron chi connectivity index (χ2n) is 3.97. The summed E-state index contributed by atoms with van der Waals surface area (Å²) >= 11 is 5.67. The van der Waals surface area contributed by atoms with E-state index in [1.54, 1.807) is 26.0 Å². The van der Waals surface area contributed by atoms with E-state index in [0.717, 1.165) is 0 Å². The van der Waals surface area contributed by atoms with Crippen molar-refractivity contribution in [3.63, 3.8) is 0 Å². The number of hydrogen-bond acceptors (Lipinski definition) is 3. The Labute approximate surface area is 105 Å². The number of hydrogen-bond donors (Lipinski definition) is 2. The van der Waals surface area contributed by atoms with Crippen molar-refractivity contribution in [3.05, 3.63) is 34.6 Å². The molecule has 0 radical (unpaired) electrons. The summed E-state index contributed by atoms with van der Waals surface area (Å²) in [6.07, 6.45) is -1.64. The third-order valence-electron chi connectivity index (χ3n) is 2.58. The Morgan fingerprint density at radius 1 is 1.47 bits per heavy atom. The molecule has 3 unspecified atom stereocenters. The van der Waals surface area contributed by atoms with Crippen molar-refractivity contribution in [1.82, 2.24) is 0 Å². The van der Waals surface area contributed by atoms with Gasteiger partial charge in [0.15, 0.2) is 0 Å². The van der Waals surface area contributed by atoms with E-state index in [2.05, 4.69) is 0 Å². The van der Waals surface area contributed by atoms with E-state index in [1.165, 1.54) is 6.07 Å². The normalized spacial score (nSPS) is 16.6. The van der Waals surface area contributed by atoms with Crippen molar-refractivity contribution >= 4 is 11.6 Å². The minimum absolute atomic E-state index is 0.135. The Morgan fingerprint density at radius 2 is 2.12 bits per heavy atom. The van der Waals surface area contributed by atoms with Crippen LogP contribution in [0.4, 0.5) is 4.39 Å². The molecule has 0 aliphatic carbocycles. The van der Waals surface area contributed by atoms with Gasteiger partial charge >= 0.3 is 0 Å². The van der Waals surface area contributed by atoms with Gasteiger partial charge < -0.3 is 15.6 Å². The van der Waals surface area contributed by atoms with Gasteiger partial charge in [-0.3, -0.25) is 0 Å². The Balaban J connectivity index is 2.86. The lowest BCUT2D eigenvalue weighted by Gasteiger charge is -2.23. The summed E-state index contributed by atoms with van der Waals surface area (Å²) in [5.41, 5.74) is 5.91. The minimum Gasteiger partial charge on any atom is -0.391 e. The molecule has 0 aromatic heterocycles. The Hall–Kier alpha value is -0.680. The first-order valence-electron chi connectivity index (χ1n) is 5.44. The summed E-state index contributed by atoms with van der Waals surface area (Å²) in [5, 5.41) is 9.67. The molecule has 3 nitrogen and oxygen atoms in total. The molecule has 1 aromatic carbocycles. The molecule has 96 valence electrons. The van der Waals surface area contributed by atoms with Crippen molar-refractivity contribution in [2.24, 2.45) is 5.73 Å². The highest BCUT2D eigenvalue weighted by Crippen LogP contribution is 2.24. The predicted octanol–water partition coefficient (Wildman–Crippen LogP) is 2.26. The van der Waals surface area contributed by atoms with Crippen molar-refractivity contribution in [2.45, 2.75) is 32.2 Å². The molecule has 0 saturated carbocycles. The molecule has 0 saturated heterocycles. The van der Waals surface area contributed by atoms with Crippen LogP contribution in [0.3, 0.4) is 0 Å². The Kier molecular flexibility index (Phi) is 5.33. The lowest BCUT2D eigenvalue weighted by atomic mass is 10.1. The third kappa shape index (κ3) is 3.92. The van der Waals surface area contributed by atoms with Crippen LogP contribution in [0.25, 0.3) is 0 Å². The van der Waals surface area contributed by atoms with Crippen molar-refractivity contribution < 1.29 is 14.2 Å². The topological polar surface area (TPSA) is 55.5 Å². The summed E-state index contributed by atoms with van der Waals surface area (Å²) in [6, 6.07) is 4.35. The largest absolute Gasteiger partial charge is 0.391 e. The fourth-order valence-corrected chi connectivity index (χ4v) is 1.55. The van der Waals surface area contributed by atoms with E-state index in [4.69, 9.17) is 22.1 Å². The number of nitrogens with two attached hydrogens (primary N) is 1. The standard InChI is InChI=1S/C12H17ClFNO2/c1-7(16)8(2)17-12(6-15)10-4-3-9(13)5-11(10)14/h3-5,7-8,12,16H,6,15H2,1-2H3. The maximum Gasteiger partial charge on any atom is 0.130 e. The molecule has 17 heavy (non-hydrogen) atoms. The first kappa shape index (κ1) is 14.4. The second-order valence-corrected chi connectivity index (χ2v) is 4.41. The van der Waals surface area contributed by atoms with Crippen LogP contribution in [0.2, 0.25) is 5.02 Å². The Morgan fingerprint density at radius 3 is 2.59 bits per heavy atom. The SMILES string of the molecule is CC(O)C(C)OC(CN)c1ccc(Cl)cc1F. The van der Waals surface area contributed by atoms with Gasteiger partial charge in [0.25, 0.3) is 0 Å². The maximum atomic E-state index is 13.7. The molecular weight excluding hydrogens is 245 g/mol. The van der Waals surface area contributed by atoms with Crippen molar-refractivity contribution in [2.75, 3.05) is 6.54 Å². The van der Waals surface area contributed by atoms with Gasteiger partial charge in [0, 0.05) is 17.1 Å². The quantitative estimate of drug-likeness (QED) is 0.855. The zero-order valence-electron chi connectivity index (χ0n) is 9.86. The minimum atomic E-state index is -0.639. The van der Waals surface area contributed by atoms with Crippen LogP contribution in [-0.4, -0.2) is 23.9 Å². The molecule has 3 N–H and O–H groups in total. The van der Waals surface area contributed by atoms with Gasteiger partial charge in [-0.1, -0.05) is 17.7 Å². The van der Waals surface area contributed by atoms with E-state index >= 15 is 0 Å². The summed E-state index contributed by atoms with van der Waals surface area (Å²) in [6.45, 7) is 3.45. The molecule has 0 bridgehead atoms. The zero-order valence-corrected chi connectivity index (χ0v) is 10.6. The van der Waals surface area contributed by atoms with Crippen LogP contribution >= 0.6 is 11.6 Å². The number of benzene rings is 1. The van der Waals surface area contributed by atoms with Gasteiger partial charge in [-0.2, -0.15) is 0 Å². The van der Waals surface area contributed by atoms with Gasteiger partial charge in [0.1, 0.15) is 5.82 Å². The van der Waals surface area contributed by atoms with E-state index < -0.39 is 24.1 Å². The van der Waals surface area contributed by atoms with Gasteiger partial charge in [-0.05, 0) is 26.0 Å². The number of halogens is 2. The molecule has 0 aliphatic heterocycles. The molecule has 5 heteroatoms. The van der Waals surface area contributed by atoms with Crippen LogP contribution in [-0.2, 0) is 4.74 Å². The summed E-state index contributed by atoms with van der Waals surface area (Å²) < 4.78 is 19.2. The smallest absolute Gasteiger partial charge is 0.130 e. The molecule has 0 amide bonds. The highest BCUT2D eigenvalue weighted by atomic mass is 35.5. The summed E-state index contributed by atoms with van der Waals surface area (Å²) in [7, 11) is 0. The first-order chi connectivity index (χ1) is 7.95. The maximum absolute atomic E-state index is 13.7. The Bertz CT molecular complexity index is 374. The molecule has 0 heterocycles. The van der Waals surface area contributed by atoms with Crippen LogP contribution in [0, 0.1) is 5.82 Å².